The Morgan fingerprint density at radius 1 is 1.38 bits per heavy atom. The maximum atomic E-state index is 13.2. The van der Waals surface area contributed by atoms with Gasteiger partial charge >= 0.3 is 0 Å². The fourth-order valence-electron chi connectivity index (χ4n) is 1.13. The minimum atomic E-state index is -0.337. The van der Waals surface area contributed by atoms with E-state index in [1.165, 1.54) is 6.07 Å². The molecule has 0 saturated carbocycles. The monoisotopic (exact) mass is 307 g/mol. The first-order valence-electron chi connectivity index (χ1n) is 3.58. The van der Waals surface area contributed by atoms with Crippen LogP contribution >= 0.6 is 34.2 Å². The van der Waals surface area contributed by atoms with Gasteiger partial charge < -0.3 is 0 Å². The van der Waals surface area contributed by atoms with Crippen molar-refractivity contribution in [1.29, 1.82) is 0 Å². The molecule has 0 radical (unpaired) electrons. The van der Waals surface area contributed by atoms with Gasteiger partial charge in [-0.1, -0.05) is 23.7 Å². The van der Waals surface area contributed by atoms with E-state index in [1.807, 2.05) is 0 Å². The lowest BCUT2D eigenvalue weighted by Gasteiger charge is -2.01. The summed E-state index contributed by atoms with van der Waals surface area (Å²) in [5, 5.41) is 1.22. The summed E-state index contributed by atoms with van der Waals surface area (Å²) in [6.07, 6.45) is 1.56. The molecule has 13 heavy (non-hydrogen) atoms. The Balaban J connectivity index is 2.94. The summed E-state index contributed by atoms with van der Waals surface area (Å²) >= 11 is 8.05. The van der Waals surface area contributed by atoms with Gasteiger partial charge in [0.15, 0.2) is 0 Å². The second kappa shape index (κ2) is 3.38. The molecule has 0 atom stereocenters. The Bertz CT molecular complexity index is 472. The van der Waals surface area contributed by atoms with E-state index >= 15 is 0 Å². The van der Waals surface area contributed by atoms with Crippen LogP contribution in [0.5, 0.6) is 0 Å². The summed E-state index contributed by atoms with van der Waals surface area (Å²) in [6, 6.07) is 4.76. The first kappa shape index (κ1) is 9.15. The number of pyridine rings is 1. The van der Waals surface area contributed by atoms with Crippen molar-refractivity contribution >= 4 is 45.1 Å². The third-order valence-corrected chi connectivity index (χ3v) is 3.28. The van der Waals surface area contributed by atoms with Crippen molar-refractivity contribution in [1.82, 2.24) is 4.98 Å². The largest absolute Gasteiger partial charge is 0.252 e. The van der Waals surface area contributed by atoms with Crippen molar-refractivity contribution in [2.45, 2.75) is 0 Å². The lowest BCUT2D eigenvalue weighted by Crippen LogP contribution is -1.86. The molecule has 2 aromatic rings. The van der Waals surface area contributed by atoms with Crippen molar-refractivity contribution < 1.29 is 4.39 Å². The van der Waals surface area contributed by atoms with Gasteiger partial charge in [0.25, 0.3) is 0 Å². The minimum Gasteiger partial charge on any atom is -0.252 e. The first-order chi connectivity index (χ1) is 6.20. The Labute approximate surface area is 93.1 Å². The molecule has 0 aliphatic rings. The zero-order valence-electron chi connectivity index (χ0n) is 6.39. The molecular formula is C9H4ClFIN. The fourth-order valence-corrected chi connectivity index (χ4v) is 1.76. The van der Waals surface area contributed by atoms with Crippen LogP contribution in [0.15, 0.2) is 24.4 Å². The van der Waals surface area contributed by atoms with Crippen molar-refractivity contribution in [3.8, 4) is 0 Å². The van der Waals surface area contributed by atoms with Gasteiger partial charge in [-0.3, -0.25) is 4.98 Å². The summed E-state index contributed by atoms with van der Waals surface area (Å²) < 4.78 is 14.0. The Hall–Kier alpha value is -0.420. The number of halogens is 3. The molecule has 0 bridgehead atoms. The smallest absolute Gasteiger partial charge is 0.149 e. The van der Waals surface area contributed by atoms with E-state index in [2.05, 4.69) is 27.6 Å². The molecule has 1 aromatic carbocycles. The average Bonchev–Trinajstić information content (AvgIpc) is 2.12. The summed E-state index contributed by atoms with van der Waals surface area (Å²) in [5.74, 6) is -0.337. The highest BCUT2D eigenvalue weighted by Gasteiger charge is 2.07. The second-order valence-corrected chi connectivity index (χ2v) is 4.10. The lowest BCUT2D eigenvalue weighted by molar-refractivity contribution is 0.637. The molecule has 0 fully saturated rings. The molecule has 0 amide bonds. The van der Waals surface area contributed by atoms with Gasteiger partial charge in [-0.25, -0.2) is 4.39 Å². The predicted molar refractivity (Wildman–Crippen MR) is 59.4 cm³/mol. The van der Waals surface area contributed by atoms with Gasteiger partial charge in [0.1, 0.15) is 11.3 Å². The van der Waals surface area contributed by atoms with Crippen LogP contribution in [0.2, 0.25) is 5.02 Å². The molecule has 66 valence electrons. The highest BCUT2D eigenvalue weighted by molar-refractivity contribution is 14.1. The molecule has 0 unspecified atom stereocenters. The normalized spacial score (nSPS) is 10.7. The van der Waals surface area contributed by atoms with Gasteiger partial charge in [0.2, 0.25) is 0 Å². The molecule has 1 nitrogen and oxygen atoms in total. The Morgan fingerprint density at radius 3 is 2.92 bits per heavy atom. The second-order valence-electron chi connectivity index (χ2n) is 2.56. The van der Waals surface area contributed by atoms with Gasteiger partial charge in [-0.05, 0) is 28.7 Å². The third kappa shape index (κ3) is 1.50. The zero-order valence-corrected chi connectivity index (χ0v) is 9.30. The van der Waals surface area contributed by atoms with E-state index in [4.69, 9.17) is 11.6 Å². The maximum Gasteiger partial charge on any atom is 0.149 e. The molecule has 0 aliphatic heterocycles. The zero-order chi connectivity index (χ0) is 9.42. The SMILES string of the molecule is Fc1cccc2c(Cl)c(I)cnc12. The predicted octanol–water partition coefficient (Wildman–Crippen LogP) is 3.63. The van der Waals surface area contributed by atoms with Gasteiger partial charge in [0.05, 0.1) is 8.59 Å². The Kier molecular flexibility index (Phi) is 2.38. The van der Waals surface area contributed by atoms with Crippen LogP contribution < -0.4 is 0 Å². The molecule has 2 rings (SSSR count). The van der Waals surface area contributed by atoms with Crippen LogP contribution in [0.1, 0.15) is 0 Å². The van der Waals surface area contributed by atoms with Crippen molar-refractivity contribution in [3.05, 3.63) is 38.8 Å². The summed E-state index contributed by atoms with van der Waals surface area (Å²) in [7, 11) is 0. The van der Waals surface area contributed by atoms with Gasteiger partial charge in [0, 0.05) is 11.6 Å². The molecule has 4 heteroatoms. The lowest BCUT2D eigenvalue weighted by atomic mass is 10.2. The Morgan fingerprint density at radius 2 is 2.15 bits per heavy atom. The van der Waals surface area contributed by atoms with E-state index in [1.54, 1.807) is 18.3 Å². The quantitative estimate of drug-likeness (QED) is 0.677. The number of hydrogen-bond acceptors (Lipinski definition) is 1. The molecule has 0 aliphatic carbocycles. The molecular weight excluding hydrogens is 303 g/mol. The fraction of sp³-hybridized carbons (Fsp3) is 0. The number of benzene rings is 1. The van der Waals surface area contributed by atoms with E-state index in [9.17, 15) is 4.39 Å². The number of nitrogens with zero attached hydrogens (tertiary/aromatic N) is 1. The van der Waals surface area contributed by atoms with E-state index in [0.29, 0.717) is 15.9 Å². The van der Waals surface area contributed by atoms with Crippen molar-refractivity contribution in [3.63, 3.8) is 0 Å². The molecule has 1 aromatic heterocycles. The maximum absolute atomic E-state index is 13.2. The number of aromatic nitrogens is 1. The first-order valence-corrected chi connectivity index (χ1v) is 5.04. The highest BCUT2D eigenvalue weighted by Crippen LogP contribution is 2.27. The van der Waals surface area contributed by atoms with Crippen LogP contribution in [-0.2, 0) is 0 Å². The summed E-state index contributed by atoms with van der Waals surface area (Å²) in [4.78, 5) is 3.97. The van der Waals surface area contributed by atoms with Crippen LogP contribution in [0.3, 0.4) is 0 Å². The van der Waals surface area contributed by atoms with Crippen molar-refractivity contribution in [2.75, 3.05) is 0 Å². The van der Waals surface area contributed by atoms with Crippen LogP contribution in [0, 0.1) is 9.39 Å². The van der Waals surface area contributed by atoms with Crippen molar-refractivity contribution in [2.24, 2.45) is 0 Å². The molecule has 0 saturated heterocycles. The molecule has 0 spiro atoms. The van der Waals surface area contributed by atoms with Crippen LogP contribution in [0.25, 0.3) is 10.9 Å². The molecule has 1 heterocycles. The standard InChI is InChI=1S/C9H4ClFIN/c10-8-5-2-1-3-6(11)9(5)13-4-7(8)12/h1-4H. The number of rotatable bonds is 0. The average molecular weight is 307 g/mol. The van der Waals surface area contributed by atoms with E-state index in [-0.39, 0.29) is 5.82 Å². The van der Waals surface area contributed by atoms with Gasteiger partial charge in [-0.2, -0.15) is 0 Å². The minimum absolute atomic E-state index is 0.327. The van der Waals surface area contributed by atoms with E-state index in [0.717, 1.165) is 3.57 Å². The van der Waals surface area contributed by atoms with Crippen LogP contribution in [0.4, 0.5) is 4.39 Å². The number of para-hydroxylation sites is 1. The van der Waals surface area contributed by atoms with Crippen LogP contribution in [-0.4, -0.2) is 4.98 Å². The summed E-state index contributed by atoms with van der Waals surface area (Å²) in [5.41, 5.74) is 0.327. The number of hydrogen-bond donors (Lipinski definition) is 0. The van der Waals surface area contributed by atoms with E-state index < -0.39 is 0 Å². The summed E-state index contributed by atoms with van der Waals surface area (Å²) in [6.45, 7) is 0. The third-order valence-electron chi connectivity index (χ3n) is 1.74. The molecule has 0 N–H and O–H groups in total. The highest BCUT2D eigenvalue weighted by atomic mass is 127. The topological polar surface area (TPSA) is 12.9 Å². The number of fused-ring (bicyclic) bond motifs is 1. The van der Waals surface area contributed by atoms with Gasteiger partial charge in [-0.15, -0.1) is 0 Å².